The summed E-state index contributed by atoms with van der Waals surface area (Å²) < 4.78 is 5.78. The molecule has 144 valence electrons. The Morgan fingerprint density at radius 2 is 1.36 bits per heavy atom. The zero-order valence-electron chi connectivity index (χ0n) is 16.5. The van der Waals surface area contributed by atoms with E-state index in [2.05, 4.69) is 31.4 Å². The average molecular weight is 374 g/mol. The summed E-state index contributed by atoms with van der Waals surface area (Å²) in [4.78, 5) is 12.3. The molecule has 4 heteroatoms. The van der Waals surface area contributed by atoms with Gasteiger partial charge >= 0.3 is 0 Å². The molecule has 3 rings (SSSR count). The number of hydrogen-bond donors (Lipinski definition) is 2. The lowest BCUT2D eigenvalue weighted by atomic mass is 9.86. The number of anilines is 3. The van der Waals surface area contributed by atoms with E-state index in [0.29, 0.717) is 0 Å². The quantitative estimate of drug-likeness (QED) is 0.578. The molecule has 0 heterocycles. The zero-order chi connectivity index (χ0) is 20.0. The number of carbonyl (C=O) groups is 1. The van der Waals surface area contributed by atoms with Crippen LogP contribution in [0.15, 0.2) is 78.9 Å². The predicted octanol–water partition coefficient (Wildman–Crippen LogP) is 5.75. The van der Waals surface area contributed by atoms with Gasteiger partial charge in [0.1, 0.15) is 5.75 Å². The highest BCUT2D eigenvalue weighted by atomic mass is 16.5. The van der Waals surface area contributed by atoms with E-state index in [1.54, 1.807) is 0 Å². The number of benzene rings is 3. The number of para-hydroxylation sites is 2. The van der Waals surface area contributed by atoms with Crippen LogP contribution in [0.1, 0.15) is 26.3 Å². The number of carbonyl (C=O) groups excluding carboxylic acids is 1. The second-order valence-electron chi connectivity index (χ2n) is 7.65. The van der Waals surface area contributed by atoms with Gasteiger partial charge in [-0.2, -0.15) is 0 Å². The molecule has 0 aliphatic heterocycles. The van der Waals surface area contributed by atoms with Gasteiger partial charge in [-0.25, -0.2) is 0 Å². The van der Waals surface area contributed by atoms with Crippen molar-refractivity contribution >= 4 is 23.0 Å². The highest BCUT2D eigenvalue weighted by Crippen LogP contribution is 2.30. The summed E-state index contributed by atoms with van der Waals surface area (Å²) in [6, 6.07) is 25.4. The number of nitrogens with one attached hydrogen (secondary N) is 2. The normalized spacial score (nSPS) is 11.0. The van der Waals surface area contributed by atoms with E-state index in [9.17, 15) is 4.79 Å². The van der Waals surface area contributed by atoms with Crippen LogP contribution in [0, 0.1) is 0 Å². The monoisotopic (exact) mass is 374 g/mol. The van der Waals surface area contributed by atoms with Crippen LogP contribution in [0.25, 0.3) is 0 Å². The Morgan fingerprint density at radius 3 is 2.04 bits per heavy atom. The second kappa shape index (κ2) is 8.61. The van der Waals surface area contributed by atoms with Gasteiger partial charge in [0, 0.05) is 17.1 Å². The fourth-order valence-electron chi connectivity index (χ4n) is 2.88. The van der Waals surface area contributed by atoms with Crippen LogP contribution in [-0.2, 0) is 10.2 Å². The first kappa shape index (κ1) is 19.5. The molecule has 0 saturated heterocycles. The first-order chi connectivity index (χ1) is 13.4. The Kier molecular flexibility index (Phi) is 5.99. The van der Waals surface area contributed by atoms with E-state index in [-0.39, 0.29) is 17.9 Å². The van der Waals surface area contributed by atoms with Crippen LogP contribution >= 0.6 is 0 Å². The Balaban J connectivity index is 1.56. The maximum absolute atomic E-state index is 12.3. The third-order valence-corrected chi connectivity index (χ3v) is 4.28. The van der Waals surface area contributed by atoms with Crippen molar-refractivity contribution in [3.05, 3.63) is 84.4 Å². The van der Waals surface area contributed by atoms with Gasteiger partial charge in [0.15, 0.2) is 6.61 Å². The van der Waals surface area contributed by atoms with E-state index < -0.39 is 0 Å². The van der Waals surface area contributed by atoms with Gasteiger partial charge < -0.3 is 15.4 Å². The Morgan fingerprint density at radius 1 is 0.786 bits per heavy atom. The Bertz CT molecular complexity index is 913. The Labute approximate surface area is 166 Å². The van der Waals surface area contributed by atoms with Gasteiger partial charge in [-0.3, -0.25) is 4.79 Å². The molecule has 0 bridgehead atoms. The maximum Gasteiger partial charge on any atom is 0.262 e. The molecule has 0 aromatic heterocycles. The third-order valence-electron chi connectivity index (χ3n) is 4.28. The lowest BCUT2D eigenvalue weighted by Crippen LogP contribution is -2.21. The lowest BCUT2D eigenvalue weighted by molar-refractivity contribution is -0.118. The predicted molar refractivity (Wildman–Crippen MR) is 115 cm³/mol. The molecule has 0 spiro atoms. The van der Waals surface area contributed by atoms with Crippen molar-refractivity contribution in [1.82, 2.24) is 0 Å². The number of amides is 1. The molecule has 0 radical (unpaired) electrons. The molecule has 0 aliphatic carbocycles. The Hall–Kier alpha value is -3.27. The summed E-state index contributed by atoms with van der Waals surface area (Å²) in [6.07, 6.45) is 0. The summed E-state index contributed by atoms with van der Waals surface area (Å²) >= 11 is 0. The fourth-order valence-corrected chi connectivity index (χ4v) is 2.88. The second-order valence-corrected chi connectivity index (χ2v) is 7.65. The molecule has 0 unspecified atom stereocenters. The van der Waals surface area contributed by atoms with Crippen molar-refractivity contribution in [2.75, 3.05) is 17.2 Å². The largest absolute Gasteiger partial charge is 0.483 e. The minimum absolute atomic E-state index is 0.0306. The number of ether oxygens (including phenoxy) is 1. The van der Waals surface area contributed by atoms with E-state index in [0.717, 1.165) is 28.4 Å². The van der Waals surface area contributed by atoms with Gasteiger partial charge in [-0.1, -0.05) is 57.2 Å². The van der Waals surface area contributed by atoms with E-state index in [1.165, 1.54) is 0 Å². The molecule has 0 fully saturated rings. The SMILES string of the molecule is CC(C)(C)c1ccccc1OCC(=O)Nc1ccc(Nc2ccccc2)cc1. The summed E-state index contributed by atoms with van der Waals surface area (Å²) in [7, 11) is 0. The average Bonchev–Trinajstić information content (AvgIpc) is 2.68. The number of hydrogen-bond acceptors (Lipinski definition) is 3. The molecular formula is C24H26N2O2. The third kappa shape index (κ3) is 5.36. The molecule has 0 saturated carbocycles. The molecular weight excluding hydrogens is 348 g/mol. The van der Waals surface area contributed by atoms with Crippen LogP contribution in [-0.4, -0.2) is 12.5 Å². The highest BCUT2D eigenvalue weighted by molar-refractivity contribution is 5.92. The highest BCUT2D eigenvalue weighted by Gasteiger charge is 2.18. The number of rotatable bonds is 6. The first-order valence-electron chi connectivity index (χ1n) is 9.36. The fraction of sp³-hybridized carbons (Fsp3) is 0.208. The van der Waals surface area contributed by atoms with Crippen LogP contribution in [0.5, 0.6) is 5.75 Å². The molecule has 1 amide bonds. The summed E-state index contributed by atoms with van der Waals surface area (Å²) in [5, 5.41) is 6.18. The summed E-state index contributed by atoms with van der Waals surface area (Å²) in [6.45, 7) is 6.35. The van der Waals surface area contributed by atoms with Crippen LogP contribution < -0.4 is 15.4 Å². The molecule has 2 N–H and O–H groups in total. The molecule has 3 aromatic rings. The van der Waals surface area contributed by atoms with Gasteiger partial charge in [-0.15, -0.1) is 0 Å². The molecule has 0 aliphatic rings. The molecule has 4 nitrogen and oxygen atoms in total. The van der Waals surface area contributed by atoms with Crippen molar-refractivity contribution < 1.29 is 9.53 Å². The van der Waals surface area contributed by atoms with Crippen molar-refractivity contribution in [2.24, 2.45) is 0 Å². The smallest absolute Gasteiger partial charge is 0.262 e. The van der Waals surface area contributed by atoms with Gasteiger partial charge in [0.25, 0.3) is 5.91 Å². The van der Waals surface area contributed by atoms with E-state index in [1.807, 2.05) is 78.9 Å². The lowest BCUT2D eigenvalue weighted by Gasteiger charge is -2.22. The minimum Gasteiger partial charge on any atom is -0.483 e. The van der Waals surface area contributed by atoms with Gasteiger partial charge in [0.2, 0.25) is 0 Å². The maximum atomic E-state index is 12.3. The topological polar surface area (TPSA) is 50.4 Å². The van der Waals surface area contributed by atoms with Crippen LogP contribution in [0.4, 0.5) is 17.1 Å². The van der Waals surface area contributed by atoms with Crippen LogP contribution in [0.3, 0.4) is 0 Å². The van der Waals surface area contributed by atoms with Crippen molar-refractivity contribution in [3.8, 4) is 5.75 Å². The molecule has 0 atom stereocenters. The van der Waals surface area contributed by atoms with Crippen LogP contribution in [0.2, 0.25) is 0 Å². The minimum atomic E-state index is -0.188. The summed E-state index contributed by atoms with van der Waals surface area (Å²) in [5.74, 6) is 0.556. The molecule has 28 heavy (non-hydrogen) atoms. The van der Waals surface area contributed by atoms with Gasteiger partial charge in [0.05, 0.1) is 0 Å². The van der Waals surface area contributed by atoms with Crippen molar-refractivity contribution in [1.29, 1.82) is 0 Å². The van der Waals surface area contributed by atoms with E-state index in [4.69, 9.17) is 4.74 Å². The van der Waals surface area contributed by atoms with Crippen molar-refractivity contribution in [3.63, 3.8) is 0 Å². The van der Waals surface area contributed by atoms with Gasteiger partial charge in [-0.05, 0) is 53.4 Å². The molecule has 3 aromatic carbocycles. The first-order valence-corrected chi connectivity index (χ1v) is 9.36. The summed E-state index contributed by atoms with van der Waals surface area (Å²) in [5.41, 5.74) is 3.74. The van der Waals surface area contributed by atoms with E-state index >= 15 is 0 Å². The van der Waals surface area contributed by atoms with Crippen molar-refractivity contribution in [2.45, 2.75) is 26.2 Å². The standard InChI is InChI=1S/C24H26N2O2/c1-24(2,3)21-11-7-8-12-22(21)28-17-23(27)26-20-15-13-19(14-16-20)25-18-9-5-4-6-10-18/h4-16,25H,17H2,1-3H3,(H,26,27). The zero-order valence-corrected chi connectivity index (χ0v) is 16.5.